The van der Waals surface area contributed by atoms with Crippen LogP contribution in [0.15, 0.2) is 65.9 Å². The zero-order valence-electron chi connectivity index (χ0n) is 14.5. The van der Waals surface area contributed by atoms with Crippen LogP contribution in [0.3, 0.4) is 0 Å². The van der Waals surface area contributed by atoms with E-state index in [9.17, 15) is 0 Å². The van der Waals surface area contributed by atoms with Crippen LogP contribution in [0.5, 0.6) is 0 Å². The normalized spacial score (nSPS) is 10.6. The van der Waals surface area contributed by atoms with Gasteiger partial charge in [-0.15, -0.1) is 0 Å². The van der Waals surface area contributed by atoms with Gasteiger partial charge in [-0.25, -0.2) is 0 Å². The molecule has 134 valence electrons. The first-order valence-electron chi connectivity index (χ1n) is 8.36. The molecule has 1 aromatic heterocycles. The number of aryl methyl sites for hydroxylation is 1. The van der Waals surface area contributed by atoms with E-state index in [1.807, 2.05) is 36.5 Å². The summed E-state index contributed by atoms with van der Waals surface area (Å²) >= 11 is 4.76. The summed E-state index contributed by atoms with van der Waals surface area (Å²) in [6.07, 6.45) is 3.85. The van der Waals surface area contributed by atoms with Crippen molar-refractivity contribution in [2.24, 2.45) is 10.8 Å². The van der Waals surface area contributed by atoms with Crippen LogP contribution < -0.4 is 11.2 Å². The maximum atomic E-state index is 8.81. The molecular weight excluding hydrogens is 356 g/mol. The van der Waals surface area contributed by atoms with Crippen molar-refractivity contribution in [3.8, 4) is 28.5 Å². The number of hydrogen-bond donors (Lipinski definition) is 2. The Morgan fingerprint density at radius 3 is 2.48 bits per heavy atom. The highest BCUT2D eigenvalue weighted by Crippen LogP contribution is 2.25. The topological polar surface area (TPSA) is 92.0 Å². The SMILES string of the molecule is N#CCCn1cc(/C=N\NC(N)=S)c(-c2ccc(-c3ccccc3)cc2)n1. The fourth-order valence-electron chi connectivity index (χ4n) is 2.65. The van der Waals surface area contributed by atoms with Crippen LogP contribution in [0.1, 0.15) is 12.0 Å². The van der Waals surface area contributed by atoms with Gasteiger partial charge in [-0.1, -0.05) is 54.6 Å². The molecule has 2 aromatic carbocycles. The number of hydrazone groups is 1. The van der Waals surface area contributed by atoms with E-state index in [0.717, 1.165) is 27.9 Å². The molecule has 6 nitrogen and oxygen atoms in total. The number of benzene rings is 2. The van der Waals surface area contributed by atoms with Gasteiger partial charge < -0.3 is 5.73 Å². The molecule has 0 bridgehead atoms. The lowest BCUT2D eigenvalue weighted by atomic mass is 10.0. The monoisotopic (exact) mass is 374 g/mol. The molecule has 0 radical (unpaired) electrons. The second kappa shape index (κ2) is 8.74. The molecule has 27 heavy (non-hydrogen) atoms. The Kier molecular flexibility index (Phi) is 5.92. The van der Waals surface area contributed by atoms with Crippen LogP contribution in [0.2, 0.25) is 0 Å². The van der Waals surface area contributed by atoms with Crippen LogP contribution in [-0.4, -0.2) is 21.1 Å². The molecule has 0 aliphatic rings. The Morgan fingerprint density at radius 1 is 1.15 bits per heavy atom. The second-order valence-corrected chi connectivity index (χ2v) is 6.22. The maximum absolute atomic E-state index is 8.81. The van der Waals surface area contributed by atoms with E-state index in [4.69, 9.17) is 23.2 Å². The van der Waals surface area contributed by atoms with Crippen molar-refractivity contribution in [3.05, 3.63) is 66.4 Å². The summed E-state index contributed by atoms with van der Waals surface area (Å²) in [6, 6.07) is 20.5. The van der Waals surface area contributed by atoms with E-state index in [1.54, 1.807) is 10.9 Å². The highest BCUT2D eigenvalue weighted by atomic mass is 32.1. The molecule has 0 saturated carbocycles. The zero-order chi connectivity index (χ0) is 19.1. The molecule has 3 rings (SSSR count). The average molecular weight is 374 g/mol. The number of nitrogens with one attached hydrogen (secondary N) is 1. The molecule has 0 spiro atoms. The summed E-state index contributed by atoms with van der Waals surface area (Å²) in [5.41, 5.74) is 12.8. The minimum atomic E-state index is 0.0943. The highest BCUT2D eigenvalue weighted by molar-refractivity contribution is 7.80. The van der Waals surface area contributed by atoms with E-state index < -0.39 is 0 Å². The van der Waals surface area contributed by atoms with Crippen molar-refractivity contribution in [2.45, 2.75) is 13.0 Å². The Balaban J connectivity index is 1.91. The summed E-state index contributed by atoms with van der Waals surface area (Å²) in [5.74, 6) is 0. The van der Waals surface area contributed by atoms with Crippen molar-refractivity contribution < 1.29 is 0 Å². The molecule has 0 amide bonds. The first kappa shape index (κ1) is 18.3. The first-order valence-corrected chi connectivity index (χ1v) is 8.77. The summed E-state index contributed by atoms with van der Waals surface area (Å²) in [4.78, 5) is 0. The van der Waals surface area contributed by atoms with E-state index in [0.29, 0.717) is 13.0 Å². The number of aromatic nitrogens is 2. The first-order chi connectivity index (χ1) is 13.2. The molecule has 0 aliphatic heterocycles. The molecule has 1 heterocycles. The highest BCUT2D eigenvalue weighted by Gasteiger charge is 2.10. The maximum Gasteiger partial charge on any atom is 0.184 e. The molecule has 0 saturated heterocycles. The van der Waals surface area contributed by atoms with E-state index in [-0.39, 0.29) is 5.11 Å². The predicted octanol–water partition coefficient (Wildman–Crippen LogP) is 3.30. The van der Waals surface area contributed by atoms with Crippen LogP contribution in [0, 0.1) is 11.3 Å². The van der Waals surface area contributed by atoms with Gasteiger partial charge in [-0.3, -0.25) is 10.1 Å². The average Bonchev–Trinajstić information content (AvgIpc) is 3.10. The van der Waals surface area contributed by atoms with Gasteiger partial charge in [0.1, 0.15) is 5.69 Å². The smallest absolute Gasteiger partial charge is 0.184 e. The van der Waals surface area contributed by atoms with Gasteiger partial charge in [0.15, 0.2) is 5.11 Å². The van der Waals surface area contributed by atoms with Crippen molar-refractivity contribution in [3.63, 3.8) is 0 Å². The lowest BCUT2D eigenvalue weighted by Crippen LogP contribution is -2.24. The summed E-state index contributed by atoms with van der Waals surface area (Å²) in [5, 5.41) is 17.5. The largest absolute Gasteiger partial charge is 0.375 e. The number of nitrogens with zero attached hydrogens (tertiary/aromatic N) is 4. The quantitative estimate of drug-likeness (QED) is 0.392. The van der Waals surface area contributed by atoms with Crippen molar-refractivity contribution >= 4 is 23.5 Å². The van der Waals surface area contributed by atoms with Gasteiger partial charge >= 0.3 is 0 Å². The summed E-state index contributed by atoms with van der Waals surface area (Å²) in [6.45, 7) is 0.516. The molecule has 0 aliphatic carbocycles. The van der Waals surface area contributed by atoms with Crippen molar-refractivity contribution in [1.82, 2.24) is 15.2 Å². The van der Waals surface area contributed by atoms with E-state index >= 15 is 0 Å². The third-order valence-electron chi connectivity index (χ3n) is 3.89. The Labute approximate surface area is 162 Å². The third kappa shape index (κ3) is 4.77. The number of hydrogen-bond acceptors (Lipinski definition) is 4. The van der Waals surface area contributed by atoms with Gasteiger partial charge in [-0.2, -0.15) is 15.5 Å². The van der Waals surface area contributed by atoms with Gasteiger partial charge in [-0.05, 0) is 23.3 Å². The molecule has 0 fully saturated rings. The standard InChI is InChI=1S/C20H18N6S/c21-11-4-12-26-14-18(13-23-24-20(22)27)19(25-26)17-9-7-16(8-10-17)15-5-2-1-3-6-15/h1-3,5-10,13-14H,4,12H2,(H3,22,24,27)/b23-13-. The van der Waals surface area contributed by atoms with Crippen molar-refractivity contribution in [2.75, 3.05) is 0 Å². The number of nitrogens with two attached hydrogens (primary N) is 1. The van der Waals surface area contributed by atoms with E-state index in [1.165, 1.54) is 0 Å². The summed E-state index contributed by atoms with van der Waals surface area (Å²) in [7, 11) is 0. The summed E-state index contributed by atoms with van der Waals surface area (Å²) < 4.78 is 1.74. The molecule has 7 heteroatoms. The van der Waals surface area contributed by atoms with Crippen molar-refractivity contribution in [1.29, 1.82) is 5.26 Å². The van der Waals surface area contributed by atoms with Gasteiger partial charge in [0.2, 0.25) is 0 Å². The molecule has 0 atom stereocenters. The number of rotatable bonds is 6. The lowest BCUT2D eigenvalue weighted by Gasteiger charge is -2.04. The van der Waals surface area contributed by atoms with Gasteiger partial charge in [0.05, 0.1) is 25.2 Å². The molecule has 0 unspecified atom stereocenters. The minimum Gasteiger partial charge on any atom is -0.375 e. The Morgan fingerprint density at radius 2 is 1.81 bits per heavy atom. The predicted molar refractivity (Wildman–Crippen MR) is 111 cm³/mol. The van der Waals surface area contributed by atoms with Crippen LogP contribution >= 0.6 is 12.2 Å². The number of thiocarbonyl (C=S) groups is 1. The third-order valence-corrected chi connectivity index (χ3v) is 3.98. The lowest BCUT2D eigenvalue weighted by molar-refractivity contribution is 0.629. The fourth-order valence-corrected chi connectivity index (χ4v) is 2.70. The minimum absolute atomic E-state index is 0.0943. The van der Waals surface area contributed by atoms with Crippen LogP contribution in [0.4, 0.5) is 0 Å². The zero-order valence-corrected chi connectivity index (χ0v) is 15.4. The fraction of sp³-hybridized carbons (Fsp3) is 0.100. The molecule has 3 N–H and O–H groups in total. The van der Waals surface area contributed by atoms with Gasteiger partial charge in [0, 0.05) is 17.3 Å². The Bertz CT molecular complexity index is 984. The van der Waals surface area contributed by atoms with Crippen LogP contribution in [-0.2, 0) is 6.54 Å². The second-order valence-electron chi connectivity index (χ2n) is 5.78. The Hall–Kier alpha value is -3.50. The molecular formula is C20H18N6S. The van der Waals surface area contributed by atoms with Crippen LogP contribution in [0.25, 0.3) is 22.4 Å². The molecule has 3 aromatic rings. The van der Waals surface area contributed by atoms with E-state index in [2.05, 4.69) is 46.0 Å². The number of nitriles is 1. The van der Waals surface area contributed by atoms with Gasteiger partial charge in [0.25, 0.3) is 0 Å².